The van der Waals surface area contributed by atoms with Crippen molar-refractivity contribution in [3.05, 3.63) is 57.8 Å². The molecule has 0 amide bonds. The average Bonchev–Trinajstić information content (AvgIpc) is 2.35. The van der Waals surface area contributed by atoms with E-state index in [4.69, 9.17) is 0 Å². The number of aryl methyl sites for hydroxylation is 1. The highest BCUT2D eigenvalue weighted by molar-refractivity contribution is 9.10. The van der Waals surface area contributed by atoms with Gasteiger partial charge in [0.15, 0.2) is 0 Å². The summed E-state index contributed by atoms with van der Waals surface area (Å²) < 4.78 is 14.7. The molecular formula is C15H15BrFN. The van der Waals surface area contributed by atoms with Crippen LogP contribution in [0.25, 0.3) is 11.1 Å². The number of halogens is 2. The monoisotopic (exact) mass is 307 g/mol. The summed E-state index contributed by atoms with van der Waals surface area (Å²) in [5.41, 5.74) is 3.81. The van der Waals surface area contributed by atoms with Crippen LogP contribution >= 0.6 is 15.9 Å². The van der Waals surface area contributed by atoms with Crippen LogP contribution in [-0.4, -0.2) is 7.05 Å². The summed E-state index contributed by atoms with van der Waals surface area (Å²) in [6, 6.07) is 11.5. The third-order valence-electron chi connectivity index (χ3n) is 2.87. The average molecular weight is 308 g/mol. The molecule has 0 radical (unpaired) electrons. The molecule has 0 atom stereocenters. The summed E-state index contributed by atoms with van der Waals surface area (Å²) in [6.45, 7) is 2.74. The van der Waals surface area contributed by atoms with Crippen molar-refractivity contribution in [1.82, 2.24) is 5.32 Å². The second kappa shape index (κ2) is 5.63. The molecule has 0 aromatic heterocycles. The topological polar surface area (TPSA) is 12.0 Å². The van der Waals surface area contributed by atoms with E-state index in [0.717, 1.165) is 23.2 Å². The Morgan fingerprint density at radius 1 is 1.17 bits per heavy atom. The third kappa shape index (κ3) is 2.62. The largest absolute Gasteiger partial charge is 0.316 e. The lowest BCUT2D eigenvalue weighted by Gasteiger charge is -2.12. The Balaban J connectivity index is 2.61. The Morgan fingerprint density at radius 3 is 2.67 bits per heavy atom. The van der Waals surface area contributed by atoms with Crippen molar-refractivity contribution < 1.29 is 4.39 Å². The summed E-state index contributed by atoms with van der Waals surface area (Å²) in [6.07, 6.45) is 0. The van der Waals surface area contributed by atoms with E-state index >= 15 is 0 Å². The Labute approximate surface area is 115 Å². The van der Waals surface area contributed by atoms with E-state index in [1.807, 2.05) is 44.3 Å². The van der Waals surface area contributed by atoms with Gasteiger partial charge in [0.05, 0.1) is 4.47 Å². The molecule has 94 valence electrons. The van der Waals surface area contributed by atoms with Gasteiger partial charge in [-0.2, -0.15) is 0 Å². The summed E-state index contributed by atoms with van der Waals surface area (Å²) in [5.74, 6) is -0.208. The van der Waals surface area contributed by atoms with Crippen molar-refractivity contribution in [2.75, 3.05) is 7.05 Å². The second-order valence-corrected chi connectivity index (χ2v) is 5.15. The smallest absolute Gasteiger partial charge is 0.145 e. The quantitative estimate of drug-likeness (QED) is 0.892. The van der Waals surface area contributed by atoms with E-state index < -0.39 is 0 Å². The minimum Gasteiger partial charge on any atom is -0.316 e. The Morgan fingerprint density at radius 2 is 1.94 bits per heavy atom. The van der Waals surface area contributed by atoms with Gasteiger partial charge in [-0.1, -0.05) is 35.9 Å². The number of rotatable bonds is 3. The zero-order valence-corrected chi connectivity index (χ0v) is 12.0. The molecule has 0 aliphatic rings. The van der Waals surface area contributed by atoms with Crippen LogP contribution in [0.2, 0.25) is 0 Å². The van der Waals surface area contributed by atoms with E-state index in [1.165, 1.54) is 0 Å². The van der Waals surface area contributed by atoms with Gasteiger partial charge in [-0.15, -0.1) is 0 Å². The molecule has 0 saturated carbocycles. The predicted octanol–water partition coefficient (Wildman–Crippen LogP) is 4.28. The molecule has 0 unspecified atom stereocenters. The maximum absolute atomic E-state index is 14.2. The number of benzene rings is 2. The number of hydrogen-bond acceptors (Lipinski definition) is 1. The van der Waals surface area contributed by atoms with Crippen LogP contribution in [0.5, 0.6) is 0 Å². The van der Waals surface area contributed by atoms with Gasteiger partial charge in [-0.3, -0.25) is 0 Å². The SMILES string of the molecule is CNCc1ccc(C)cc1-c1cccc(Br)c1F. The predicted molar refractivity (Wildman–Crippen MR) is 77.0 cm³/mol. The molecule has 0 heterocycles. The van der Waals surface area contributed by atoms with E-state index in [2.05, 4.69) is 21.2 Å². The molecule has 3 heteroatoms. The van der Waals surface area contributed by atoms with Gasteiger partial charge in [0, 0.05) is 12.1 Å². The second-order valence-electron chi connectivity index (χ2n) is 4.29. The Kier molecular flexibility index (Phi) is 4.15. The van der Waals surface area contributed by atoms with Crippen LogP contribution in [0.1, 0.15) is 11.1 Å². The fourth-order valence-electron chi connectivity index (χ4n) is 2.00. The first-order valence-electron chi connectivity index (χ1n) is 5.82. The molecule has 0 bridgehead atoms. The normalized spacial score (nSPS) is 10.7. The van der Waals surface area contributed by atoms with Gasteiger partial charge in [0.2, 0.25) is 0 Å². The maximum atomic E-state index is 14.2. The Hall–Kier alpha value is -1.19. The minimum absolute atomic E-state index is 0.208. The van der Waals surface area contributed by atoms with Crippen molar-refractivity contribution in [1.29, 1.82) is 0 Å². The van der Waals surface area contributed by atoms with Crippen molar-refractivity contribution in [3.63, 3.8) is 0 Å². The zero-order valence-electron chi connectivity index (χ0n) is 10.4. The van der Waals surface area contributed by atoms with E-state index in [-0.39, 0.29) is 5.82 Å². The molecule has 18 heavy (non-hydrogen) atoms. The van der Waals surface area contributed by atoms with Crippen LogP contribution in [0, 0.1) is 12.7 Å². The first-order valence-corrected chi connectivity index (χ1v) is 6.61. The maximum Gasteiger partial charge on any atom is 0.145 e. The molecule has 0 aliphatic carbocycles. The van der Waals surface area contributed by atoms with Crippen LogP contribution in [-0.2, 0) is 6.54 Å². The minimum atomic E-state index is -0.208. The van der Waals surface area contributed by atoms with Gasteiger partial charge >= 0.3 is 0 Å². The summed E-state index contributed by atoms with van der Waals surface area (Å²) >= 11 is 3.23. The molecular weight excluding hydrogens is 293 g/mol. The first kappa shape index (κ1) is 13.2. The molecule has 2 rings (SSSR count). The van der Waals surface area contributed by atoms with Gasteiger partial charge in [-0.25, -0.2) is 4.39 Å². The van der Waals surface area contributed by atoms with E-state index in [0.29, 0.717) is 10.0 Å². The molecule has 0 fully saturated rings. The fraction of sp³-hybridized carbons (Fsp3) is 0.200. The highest BCUT2D eigenvalue weighted by Gasteiger charge is 2.11. The summed E-state index contributed by atoms with van der Waals surface area (Å²) in [4.78, 5) is 0. The molecule has 0 aliphatic heterocycles. The lowest BCUT2D eigenvalue weighted by atomic mass is 9.97. The van der Waals surface area contributed by atoms with Crippen LogP contribution < -0.4 is 5.32 Å². The number of nitrogens with one attached hydrogen (secondary N) is 1. The van der Waals surface area contributed by atoms with Crippen molar-refractivity contribution >= 4 is 15.9 Å². The molecule has 2 aromatic carbocycles. The molecule has 0 saturated heterocycles. The van der Waals surface area contributed by atoms with Gasteiger partial charge < -0.3 is 5.32 Å². The standard InChI is InChI=1S/C15H15BrFN/c1-10-6-7-11(9-18-2)13(8-10)12-4-3-5-14(16)15(12)17/h3-8,18H,9H2,1-2H3. The highest BCUT2D eigenvalue weighted by Crippen LogP contribution is 2.31. The summed E-state index contributed by atoms with van der Waals surface area (Å²) in [5, 5.41) is 3.11. The lowest BCUT2D eigenvalue weighted by Crippen LogP contribution is -2.07. The summed E-state index contributed by atoms with van der Waals surface area (Å²) in [7, 11) is 1.89. The van der Waals surface area contributed by atoms with Gasteiger partial charge in [0.25, 0.3) is 0 Å². The van der Waals surface area contributed by atoms with Crippen LogP contribution in [0.3, 0.4) is 0 Å². The number of hydrogen-bond donors (Lipinski definition) is 1. The van der Waals surface area contributed by atoms with Crippen molar-refractivity contribution in [3.8, 4) is 11.1 Å². The molecule has 1 N–H and O–H groups in total. The molecule has 2 aromatic rings. The fourth-order valence-corrected chi connectivity index (χ4v) is 2.36. The zero-order chi connectivity index (χ0) is 13.1. The van der Waals surface area contributed by atoms with E-state index in [9.17, 15) is 4.39 Å². The Bertz CT molecular complexity index is 566. The van der Waals surface area contributed by atoms with Gasteiger partial charge in [-0.05, 0) is 47.1 Å². The lowest BCUT2D eigenvalue weighted by molar-refractivity contribution is 0.624. The third-order valence-corrected chi connectivity index (χ3v) is 3.49. The van der Waals surface area contributed by atoms with Gasteiger partial charge in [0.1, 0.15) is 5.82 Å². The highest BCUT2D eigenvalue weighted by atomic mass is 79.9. The van der Waals surface area contributed by atoms with E-state index in [1.54, 1.807) is 6.07 Å². The van der Waals surface area contributed by atoms with Crippen molar-refractivity contribution in [2.24, 2.45) is 0 Å². The van der Waals surface area contributed by atoms with Crippen LogP contribution in [0.15, 0.2) is 40.9 Å². The van der Waals surface area contributed by atoms with Crippen LogP contribution in [0.4, 0.5) is 4.39 Å². The molecule has 0 spiro atoms. The van der Waals surface area contributed by atoms with Crippen molar-refractivity contribution in [2.45, 2.75) is 13.5 Å². The first-order chi connectivity index (χ1) is 8.63. The molecule has 1 nitrogen and oxygen atoms in total.